The average Bonchev–Trinajstić information content (AvgIpc) is 3.11. The van der Waals surface area contributed by atoms with Crippen molar-refractivity contribution in [2.75, 3.05) is 11.4 Å². The first-order chi connectivity index (χ1) is 14.3. The molecule has 0 aliphatic carbocycles. The van der Waals surface area contributed by atoms with Crippen LogP contribution in [0.4, 0.5) is 10.6 Å². The highest BCUT2D eigenvalue weighted by Gasteiger charge is 2.63. The van der Waals surface area contributed by atoms with E-state index >= 15 is 0 Å². The van der Waals surface area contributed by atoms with Gasteiger partial charge in [-0.15, -0.1) is 0 Å². The number of imidazole rings is 1. The molecule has 156 valence electrons. The Labute approximate surface area is 172 Å². The van der Waals surface area contributed by atoms with Crippen LogP contribution in [0.3, 0.4) is 0 Å². The van der Waals surface area contributed by atoms with Gasteiger partial charge in [0.05, 0.1) is 36.5 Å². The maximum atomic E-state index is 13.1. The number of urea groups is 1. The number of amides is 4. The van der Waals surface area contributed by atoms with Crippen molar-refractivity contribution in [3.05, 3.63) is 30.4 Å². The Morgan fingerprint density at radius 3 is 2.57 bits per heavy atom. The van der Waals surface area contributed by atoms with E-state index in [9.17, 15) is 14.4 Å². The molecule has 0 saturated carbocycles. The Hall–Kier alpha value is -3.27. The number of pyridine rings is 1. The predicted molar refractivity (Wildman–Crippen MR) is 105 cm³/mol. The lowest BCUT2D eigenvalue weighted by Gasteiger charge is -2.54. The van der Waals surface area contributed by atoms with E-state index in [0.29, 0.717) is 6.54 Å². The number of fused-ring (bicyclic) bond motifs is 4. The fraction of sp³-hybridized carbons (Fsp3) is 0.450. The molecule has 2 fully saturated rings. The first-order valence-electron chi connectivity index (χ1n) is 9.86. The SMILES string of the molecule is C[C@@H]1CN2c3ncc(-c4cncn4C)cc3CC3(C(=O)NC(=O)NC3=O)[C@@H]2[C@@H](C)O1. The quantitative estimate of drug-likeness (QED) is 0.652. The highest BCUT2D eigenvalue weighted by Crippen LogP contribution is 2.46. The minimum atomic E-state index is -1.49. The first kappa shape index (κ1) is 18.7. The smallest absolute Gasteiger partial charge is 0.328 e. The summed E-state index contributed by atoms with van der Waals surface area (Å²) in [4.78, 5) is 48.9. The third-order valence-electron chi connectivity index (χ3n) is 6.25. The number of nitrogens with zero attached hydrogens (tertiary/aromatic N) is 4. The second kappa shape index (κ2) is 6.36. The van der Waals surface area contributed by atoms with E-state index in [4.69, 9.17) is 9.72 Å². The van der Waals surface area contributed by atoms with Crippen LogP contribution < -0.4 is 15.5 Å². The minimum Gasteiger partial charge on any atom is -0.372 e. The Morgan fingerprint density at radius 1 is 1.17 bits per heavy atom. The molecule has 4 amide bonds. The Morgan fingerprint density at radius 2 is 1.90 bits per heavy atom. The van der Waals surface area contributed by atoms with E-state index in [1.807, 2.05) is 36.4 Å². The van der Waals surface area contributed by atoms with Crippen molar-refractivity contribution in [2.24, 2.45) is 12.5 Å². The highest BCUT2D eigenvalue weighted by atomic mass is 16.5. The Balaban J connectivity index is 1.69. The lowest BCUT2D eigenvalue weighted by atomic mass is 9.67. The zero-order valence-corrected chi connectivity index (χ0v) is 16.9. The van der Waals surface area contributed by atoms with Gasteiger partial charge in [0.15, 0.2) is 5.41 Å². The van der Waals surface area contributed by atoms with Crippen LogP contribution in [-0.2, 0) is 27.8 Å². The molecule has 3 aliphatic rings. The van der Waals surface area contributed by atoms with Gasteiger partial charge < -0.3 is 14.2 Å². The van der Waals surface area contributed by atoms with E-state index in [2.05, 4.69) is 15.6 Å². The summed E-state index contributed by atoms with van der Waals surface area (Å²) in [5.74, 6) is -0.475. The summed E-state index contributed by atoms with van der Waals surface area (Å²) < 4.78 is 7.87. The number of carbonyl (C=O) groups is 3. The van der Waals surface area contributed by atoms with Crippen LogP contribution in [0, 0.1) is 5.41 Å². The van der Waals surface area contributed by atoms with Crippen molar-refractivity contribution >= 4 is 23.7 Å². The van der Waals surface area contributed by atoms with Crippen LogP contribution in [0.2, 0.25) is 0 Å². The van der Waals surface area contributed by atoms with Crippen molar-refractivity contribution < 1.29 is 19.1 Å². The number of hydrogen-bond donors (Lipinski definition) is 2. The maximum Gasteiger partial charge on any atom is 0.328 e. The van der Waals surface area contributed by atoms with Crippen LogP contribution in [0.1, 0.15) is 19.4 Å². The molecule has 0 radical (unpaired) electrons. The maximum absolute atomic E-state index is 13.1. The number of rotatable bonds is 1. The second-order valence-corrected chi connectivity index (χ2v) is 8.23. The molecular formula is C20H22N6O4. The number of anilines is 1. The highest BCUT2D eigenvalue weighted by molar-refractivity contribution is 6.20. The Kier molecular flexibility index (Phi) is 3.97. The van der Waals surface area contributed by atoms with Crippen molar-refractivity contribution in [1.82, 2.24) is 25.2 Å². The molecule has 2 aromatic heterocycles. The normalized spacial score (nSPS) is 27.4. The predicted octanol–water partition coefficient (Wildman–Crippen LogP) is 0.373. The minimum absolute atomic E-state index is 0.103. The number of aryl methyl sites for hydroxylation is 1. The van der Waals surface area contributed by atoms with Gasteiger partial charge in [0.1, 0.15) is 5.82 Å². The first-order valence-corrected chi connectivity index (χ1v) is 9.86. The van der Waals surface area contributed by atoms with Gasteiger partial charge >= 0.3 is 6.03 Å². The third kappa shape index (κ3) is 2.49. The number of ether oxygens (including phenoxy) is 1. The molecule has 0 bridgehead atoms. The van der Waals surface area contributed by atoms with Crippen LogP contribution in [0.25, 0.3) is 11.3 Å². The summed E-state index contributed by atoms with van der Waals surface area (Å²) in [7, 11) is 1.89. The van der Waals surface area contributed by atoms with Gasteiger partial charge in [-0.1, -0.05) is 0 Å². The van der Waals surface area contributed by atoms with E-state index in [0.717, 1.165) is 22.6 Å². The number of nitrogens with one attached hydrogen (secondary N) is 2. The second-order valence-electron chi connectivity index (χ2n) is 8.23. The molecule has 3 atom stereocenters. The van der Waals surface area contributed by atoms with E-state index < -0.39 is 35.4 Å². The molecule has 0 unspecified atom stereocenters. The number of morpholine rings is 1. The molecule has 10 nitrogen and oxygen atoms in total. The standard InChI is InChI=1S/C20H22N6O4/c1-10-8-26-15(11(2)30-10)20(17(27)23-19(29)24-18(20)28)5-12-4-13(6-22-16(12)26)14-7-21-9-25(14)3/h4,6-7,9-11,15H,5,8H2,1-3H3,(H2,23,24,27,28,29)/t10-,11-,15+/m1/s1. The number of barbiturate groups is 1. The summed E-state index contributed by atoms with van der Waals surface area (Å²) in [6.45, 7) is 4.28. The van der Waals surface area contributed by atoms with Gasteiger partial charge in [-0.25, -0.2) is 14.8 Å². The molecule has 10 heteroatoms. The Bertz CT molecular complexity index is 1060. The summed E-state index contributed by atoms with van der Waals surface area (Å²) >= 11 is 0. The number of hydrogen-bond acceptors (Lipinski definition) is 7. The average molecular weight is 410 g/mol. The fourth-order valence-electron chi connectivity index (χ4n) is 5.08. The van der Waals surface area contributed by atoms with E-state index in [-0.39, 0.29) is 12.5 Å². The van der Waals surface area contributed by atoms with Crippen molar-refractivity contribution in [2.45, 2.75) is 38.5 Å². The van der Waals surface area contributed by atoms with Crippen LogP contribution in [0.15, 0.2) is 24.8 Å². The van der Waals surface area contributed by atoms with E-state index in [1.165, 1.54) is 0 Å². The van der Waals surface area contributed by atoms with Gasteiger partial charge in [0.25, 0.3) is 0 Å². The van der Waals surface area contributed by atoms with Gasteiger partial charge in [-0.3, -0.25) is 20.2 Å². The molecular weight excluding hydrogens is 388 g/mol. The van der Waals surface area contributed by atoms with Crippen LogP contribution in [0.5, 0.6) is 0 Å². The van der Waals surface area contributed by atoms with Crippen LogP contribution in [-0.4, -0.2) is 57.2 Å². The van der Waals surface area contributed by atoms with Gasteiger partial charge in [-0.2, -0.15) is 0 Å². The number of carbonyl (C=O) groups excluding carboxylic acids is 3. The monoisotopic (exact) mass is 410 g/mol. The number of imide groups is 2. The summed E-state index contributed by atoms with van der Waals surface area (Å²) in [6, 6.07) is 0.566. The van der Waals surface area contributed by atoms with Crippen LogP contribution >= 0.6 is 0 Å². The van der Waals surface area contributed by atoms with E-state index in [1.54, 1.807) is 18.7 Å². The lowest BCUT2D eigenvalue weighted by Crippen LogP contribution is -2.75. The largest absolute Gasteiger partial charge is 0.372 e. The molecule has 5 heterocycles. The van der Waals surface area contributed by atoms with Crippen molar-refractivity contribution in [3.63, 3.8) is 0 Å². The van der Waals surface area contributed by atoms with Gasteiger partial charge in [0, 0.05) is 31.8 Å². The molecule has 2 aromatic rings. The topological polar surface area (TPSA) is 118 Å². The zero-order chi connectivity index (χ0) is 21.2. The lowest BCUT2D eigenvalue weighted by molar-refractivity contribution is -0.153. The molecule has 3 aliphatic heterocycles. The fourth-order valence-corrected chi connectivity index (χ4v) is 5.08. The summed E-state index contributed by atoms with van der Waals surface area (Å²) in [5, 5.41) is 4.58. The molecule has 2 saturated heterocycles. The molecule has 0 aromatic carbocycles. The summed E-state index contributed by atoms with van der Waals surface area (Å²) in [5.41, 5.74) is 0.987. The molecule has 2 N–H and O–H groups in total. The molecule has 1 spiro atoms. The number of aromatic nitrogens is 3. The third-order valence-corrected chi connectivity index (χ3v) is 6.25. The van der Waals surface area contributed by atoms with Gasteiger partial charge in [-0.05, 0) is 25.5 Å². The summed E-state index contributed by atoms with van der Waals surface area (Å²) in [6.07, 6.45) is 4.82. The molecule has 5 rings (SSSR count). The van der Waals surface area contributed by atoms with Crippen molar-refractivity contribution in [1.29, 1.82) is 0 Å². The van der Waals surface area contributed by atoms with Gasteiger partial charge in [0.2, 0.25) is 11.8 Å². The van der Waals surface area contributed by atoms with Crippen molar-refractivity contribution in [3.8, 4) is 11.3 Å². The molecule has 30 heavy (non-hydrogen) atoms. The zero-order valence-electron chi connectivity index (χ0n) is 16.9.